The lowest BCUT2D eigenvalue weighted by atomic mass is 10.1. The molecular formula is C16H12F2O3. The van der Waals surface area contributed by atoms with Gasteiger partial charge < -0.3 is 9.84 Å². The fourth-order valence-corrected chi connectivity index (χ4v) is 1.69. The van der Waals surface area contributed by atoms with Crippen LogP contribution in [0.15, 0.2) is 54.6 Å². The summed E-state index contributed by atoms with van der Waals surface area (Å²) in [5.74, 6) is -0.240. The molecule has 0 heterocycles. The highest BCUT2D eigenvalue weighted by atomic mass is 19.3. The van der Waals surface area contributed by atoms with Crippen LogP contribution in [0.5, 0.6) is 11.5 Å². The number of hydrogen-bond donors (Lipinski definition) is 1. The number of carbonyl (C=O) groups is 1. The van der Waals surface area contributed by atoms with Crippen LogP contribution in [0.1, 0.15) is 15.9 Å². The molecule has 2 aromatic rings. The van der Waals surface area contributed by atoms with E-state index in [1.807, 2.05) is 0 Å². The third kappa shape index (κ3) is 4.14. The van der Waals surface area contributed by atoms with Gasteiger partial charge in [-0.1, -0.05) is 18.2 Å². The van der Waals surface area contributed by atoms with Crippen LogP contribution in [0.3, 0.4) is 0 Å². The first kappa shape index (κ1) is 14.7. The number of halogens is 2. The number of carbonyl (C=O) groups excluding carboxylic acids is 1. The minimum Gasteiger partial charge on any atom is -0.507 e. The molecule has 0 aliphatic carbocycles. The van der Waals surface area contributed by atoms with Crippen molar-refractivity contribution in [2.45, 2.75) is 6.61 Å². The molecule has 0 saturated heterocycles. The van der Waals surface area contributed by atoms with Gasteiger partial charge >= 0.3 is 6.61 Å². The fraction of sp³-hybridized carbons (Fsp3) is 0.0625. The number of ether oxygens (including phenoxy) is 1. The number of phenolic OH excluding ortho intramolecular Hbond substituents is 1. The molecule has 108 valence electrons. The molecule has 2 rings (SSSR count). The Bertz CT molecular complexity index is 649. The van der Waals surface area contributed by atoms with E-state index in [0.29, 0.717) is 11.1 Å². The maximum absolute atomic E-state index is 12.0. The van der Waals surface area contributed by atoms with E-state index < -0.39 is 6.61 Å². The largest absolute Gasteiger partial charge is 0.507 e. The van der Waals surface area contributed by atoms with E-state index in [9.17, 15) is 18.7 Å². The van der Waals surface area contributed by atoms with E-state index in [4.69, 9.17) is 0 Å². The van der Waals surface area contributed by atoms with Gasteiger partial charge in [0.25, 0.3) is 0 Å². The predicted molar refractivity (Wildman–Crippen MR) is 74.5 cm³/mol. The number of para-hydroxylation sites is 1. The number of phenols is 1. The van der Waals surface area contributed by atoms with Crippen molar-refractivity contribution in [1.82, 2.24) is 0 Å². The molecule has 0 saturated carbocycles. The molecule has 0 aliphatic heterocycles. The van der Waals surface area contributed by atoms with Crippen LogP contribution < -0.4 is 4.74 Å². The lowest BCUT2D eigenvalue weighted by Gasteiger charge is -2.04. The van der Waals surface area contributed by atoms with Gasteiger partial charge in [-0.2, -0.15) is 8.78 Å². The highest BCUT2D eigenvalue weighted by Gasteiger charge is 2.06. The maximum Gasteiger partial charge on any atom is 0.387 e. The van der Waals surface area contributed by atoms with Crippen molar-refractivity contribution in [3.63, 3.8) is 0 Å². The Morgan fingerprint density at radius 1 is 1.10 bits per heavy atom. The molecule has 0 fully saturated rings. The van der Waals surface area contributed by atoms with Crippen LogP contribution in [0.2, 0.25) is 0 Å². The van der Waals surface area contributed by atoms with Crippen molar-refractivity contribution in [3.05, 3.63) is 65.7 Å². The fourth-order valence-electron chi connectivity index (χ4n) is 1.69. The van der Waals surface area contributed by atoms with E-state index in [0.717, 1.165) is 0 Å². The highest BCUT2D eigenvalue weighted by molar-refractivity contribution is 6.07. The smallest absolute Gasteiger partial charge is 0.387 e. The summed E-state index contributed by atoms with van der Waals surface area (Å²) < 4.78 is 28.2. The molecule has 3 nitrogen and oxygen atoms in total. The lowest BCUT2D eigenvalue weighted by Crippen LogP contribution is -2.02. The van der Waals surface area contributed by atoms with E-state index >= 15 is 0 Å². The van der Waals surface area contributed by atoms with E-state index in [1.165, 1.54) is 42.5 Å². The number of hydrogen-bond acceptors (Lipinski definition) is 3. The first-order chi connectivity index (χ1) is 10.1. The van der Waals surface area contributed by atoms with Crippen LogP contribution in [0, 0.1) is 0 Å². The summed E-state index contributed by atoms with van der Waals surface area (Å²) in [6, 6.07) is 12.0. The third-order valence-corrected chi connectivity index (χ3v) is 2.72. The molecule has 0 aliphatic rings. The van der Waals surface area contributed by atoms with Gasteiger partial charge in [-0.15, -0.1) is 0 Å². The molecule has 0 spiro atoms. The quantitative estimate of drug-likeness (QED) is 0.671. The van der Waals surface area contributed by atoms with E-state index in [2.05, 4.69) is 4.74 Å². The number of alkyl halides is 2. The average Bonchev–Trinajstić information content (AvgIpc) is 2.46. The summed E-state index contributed by atoms with van der Waals surface area (Å²) in [4.78, 5) is 11.9. The van der Waals surface area contributed by atoms with Gasteiger partial charge in [-0.05, 0) is 42.5 Å². The van der Waals surface area contributed by atoms with Gasteiger partial charge in [0.1, 0.15) is 11.5 Å². The minimum atomic E-state index is -2.90. The van der Waals surface area contributed by atoms with Gasteiger partial charge in [0.05, 0.1) is 0 Å². The monoisotopic (exact) mass is 290 g/mol. The Morgan fingerprint density at radius 2 is 1.76 bits per heavy atom. The second-order valence-electron chi connectivity index (χ2n) is 4.16. The molecular weight excluding hydrogens is 278 g/mol. The molecule has 0 radical (unpaired) electrons. The SMILES string of the molecule is O=C(C=Cc1ccccc1O)c1ccc(OC(F)F)cc1. The molecule has 0 unspecified atom stereocenters. The Morgan fingerprint density at radius 3 is 2.38 bits per heavy atom. The molecule has 0 atom stereocenters. The van der Waals surface area contributed by atoms with Crippen molar-refractivity contribution < 1.29 is 23.4 Å². The summed E-state index contributed by atoms with van der Waals surface area (Å²) in [7, 11) is 0. The highest BCUT2D eigenvalue weighted by Crippen LogP contribution is 2.18. The summed E-state index contributed by atoms with van der Waals surface area (Å²) in [5, 5.41) is 9.56. The van der Waals surface area contributed by atoms with Gasteiger partial charge in [0.15, 0.2) is 5.78 Å². The lowest BCUT2D eigenvalue weighted by molar-refractivity contribution is -0.0498. The average molecular weight is 290 g/mol. The van der Waals surface area contributed by atoms with Gasteiger partial charge in [-0.3, -0.25) is 4.79 Å². The summed E-state index contributed by atoms with van der Waals surface area (Å²) in [5.41, 5.74) is 0.854. The zero-order chi connectivity index (χ0) is 15.2. The van der Waals surface area contributed by atoms with Crippen molar-refractivity contribution in [3.8, 4) is 11.5 Å². The van der Waals surface area contributed by atoms with Crippen molar-refractivity contribution >= 4 is 11.9 Å². The molecule has 0 bridgehead atoms. The molecule has 0 aromatic heterocycles. The van der Waals surface area contributed by atoms with Crippen LogP contribution in [0.25, 0.3) is 6.08 Å². The van der Waals surface area contributed by atoms with Crippen molar-refractivity contribution in [1.29, 1.82) is 0 Å². The second-order valence-corrected chi connectivity index (χ2v) is 4.16. The molecule has 0 amide bonds. The topological polar surface area (TPSA) is 46.5 Å². The van der Waals surface area contributed by atoms with Gasteiger partial charge in [0.2, 0.25) is 0 Å². The summed E-state index contributed by atoms with van der Waals surface area (Å²) >= 11 is 0. The first-order valence-corrected chi connectivity index (χ1v) is 6.11. The Labute approximate surface area is 120 Å². The number of benzene rings is 2. The van der Waals surface area contributed by atoms with E-state index in [-0.39, 0.29) is 17.3 Å². The number of ketones is 1. The Kier molecular flexibility index (Phi) is 4.66. The Balaban J connectivity index is 2.08. The van der Waals surface area contributed by atoms with Crippen molar-refractivity contribution in [2.24, 2.45) is 0 Å². The predicted octanol–water partition coefficient (Wildman–Crippen LogP) is 3.89. The van der Waals surface area contributed by atoms with Crippen molar-refractivity contribution in [2.75, 3.05) is 0 Å². The zero-order valence-corrected chi connectivity index (χ0v) is 10.9. The van der Waals surface area contributed by atoms with Gasteiger partial charge in [-0.25, -0.2) is 0 Å². The standard InChI is InChI=1S/C16H12F2O3/c17-16(18)21-13-8-5-12(6-9-13)15(20)10-7-11-3-1-2-4-14(11)19/h1-10,16,19H. The summed E-state index contributed by atoms with van der Waals surface area (Å²) in [6.07, 6.45) is 2.79. The van der Waals surface area contributed by atoms with E-state index in [1.54, 1.807) is 18.2 Å². The van der Waals surface area contributed by atoms with Crippen LogP contribution >= 0.6 is 0 Å². The minimum absolute atomic E-state index is 0.00812. The van der Waals surface area contributed by atoms with Crippen LogP contribution in [-0.4, -0.2) is 17.5 Å². The normalized spacial score (nSPS) is 11.0. The number of allylic oxidation sites excluding steroid dienone is 1. The van der Waals surface area contributed by atoms with Crippen LogP contribution in [-0.2, 0) is 0 Å². The van der Waals surface area contributed by atoms with Crippen LogP contribution in [0.4, 0.5) is 8.78 Å². The van der Waals surface area contributed by atoms with Gasteiger partial charge in [0, 0.05) is 11.1 Å². The maximum atomic E-state index is 12.0. The second kappa shape index (κ2) is 6.65. The molecule has 5 heteroatoms. The number of rotatable bonds is 5. The first-order valence-electron chi connectivity index (χ1n) is 6.11. The molecule has 2 aromatic carbocycles. The number of aromatic hydroxyl groups is 1. The third-order valence-electron chi connectivity index (χ3n) is 2.72. The Hall–Kier alpha value is -2.69. The zero-order valence-electron chi connectivity index (χ0n) is 10.9. The molecule has 1 N–H and O–H groups in total. The summed E-state index contributed by atoms with van der Waals surface area (Å²) in [6.45, 7) is -2.90. The molecule has 21 heavy (non-hydrogen) atoms.